The van der Waals surface area contributed by atoms with Crippen LogP contribution in [0, 0.1) is 0 Å². The molecule has 5 heteroatoms. The third kappa shape index (κ3) is 15.5. The molecular formula is C14H34I2N2O. The molecule has 0 radical (unpaired) electrons. The second kappa shape index (κ2) is 13.0. The van der Waals surface area contributed by atoms with Gasteiger partial charge in [-0.1, -0.05) is 0 Å². The van der Waals surface area contributed by atoms with Gasteiger partial charge in [-0.3, -0.25) is 0 Å². The predicted octanol–water partition coefficient (Wildman–Crippen LogP) is -4.02. The van der Waals surface area contributed by atoms with Crippen LogP contribution < -0.4 is 48.0 Å². The SMILES string of the molecule is CC[N+](C)(CC)CCCOCCC[N+](C)(C)C.[I-].[I-]. The van der Waals surface area contributed by atoms with Gasteiger partial charge in [0.25, 0.3) is 0 Å². The maximum Gasteiger partial charge on any atom is 0.0806 e. The molecule has 0 aliphatic carbocycles. The van der Waals surface area contributed by atoms with Gasteiger partial charge in [0.15, 0.2) is 0 Å². The molecule has 0 unspecified atom stereocenters. The third-order valence-electron chi connectivity index (χ3n) is 3.63. The predicted molar refractivity (Wildman–Crippen MR) is 75.1 cm³/mol. The Bertz CT molecular complexity index is 192. The number of nitrogens with zero attached hydrogens (tertiary/aromatic N) is 2. The summed E-state index contributed by atoms with van der Waals surface area (Å²) < 4.78 is 7.89. The number of hydrogen-bond acceptors (Lipinski definition) is 1. The van der Waals surface area contributed by atoms with Crippen molar-refractivity contribution >= 4 is 0 Å². The molecule has 0 saturated carbocycles. The first kappa shape index (κ1) is 25.3. The molecule has 0 heterocycles. The molecule has 0 atom stereocenters. The molecule has 0 aliphatic heterocycles. The summed E-state index contributed by atoms with van der Waals surface area (Å²) in [5.41, 5.74) is 0. The van der Waals surface area contributed by atoms with E-state index in [4.69, 9.17) is 4.74 Å². The summed E-state index contributed by atoms with van der Waals surface area (Å²) in [6.45, 7) is 11.2. The second-order valence-corrected chi connectivity index (χ2v) is 6.31. The van der Waals surface area contributed by atoms with Gasteiger partial charge in [0.2, 0.25) is 0 Å². The normalized spacial score (nSPS) is 11.7. The van der Waals surface area contributed by atoms with Crippen LogP contribution in [0.15, 0.2) is 0 Å². The fraction of sp³-hybridized carbons (Fsp3) is 1.00. The number of ether oxygens (including phenoxy) is 1. The van der Waals surface area contributed by atoms with E-state index in [0.717, 1.165) is 24.1 Å². The van der Waals surface area contributed by atoms with Crippen LogP contribution in [0.1, 0.15) is 26.7 Å². The zero-order valence-corrected chi connectivity index (χ0v) is 18.0. The quantitative estimate of drug-likeness (QED) is 0.169. The fourth-order valence-electron chi connectivity index (χ4n) is 1.83. The van der Waals surface area contributed by atoms with Crippen molar-refractivity contribution in [2.75, 3.05) is 67.6 Å². The first-order valence-corrected chi connectivity index (χ1v) is 7.05. The summed E-state index contributed by atoms with van der Waals surface area (Å²) in [4.78, 5) is 0. The molecule has 0 saturated heterocycles. The van der Waals surface area contributed by atoms with E-state index in [1.54, 1.807) is 0 Å². The van der Waals surface area contributed by atoms with Gasteiger partial charge < -0.3 is 61.7 Å². The van der Waals surface area contributed by atoms with E-state index in [-0.39, 0.29) is 48.0 Å². The summed E-state index contributed by atoms with van der Waals surface area (Å²) >= 11 is 0. The largest absolute Gasteiger partial charge is 1.00 e. The van der Waals surface area contributed by atoms with Gasteiger partial charge in [0.05, 0.1) is 67.6 Å². The number of halogens is 2. The second-order valence-electron chi connectivity index (χ2n) is 6.31. The van der Waals surface area contributed by atoms with E-state index >= 15 is 0 Å². The third-order valence-corrected chi connectivity index (χ3v) is 3.63. The van der Waals surface area contributed by atoms with Crippen LogP contribution in [0.4, 0.5) is 0 Å². The summed E-state index contributed by atoms with van der Waals surface area (Å²) in [5.74, 6) is 0. The summed E-state index contributed by atoms with van der Waals surface area (Å²) in [6.07, 6.45) is 2.35. The minimum Gasteiger partial charge on any atom is -1.00 e. The zero-order chi connectivity index (χ0) is 13.4. The minimum atomic E-state index is 0. The average molecular weight is 500 g/mol. The van der Waals surface area contributed by atoms with Crippen LogP contribution in [-0.2, 0) is 4.74 Å². The van der Waals surface area contributed by atoms with E-state index < -0.39 is 0 Å². The Morgan fingerprint density at radius 2 is 1.16 bits per heavy atom. The lowest BCUT2D eigenvalue weighted by Crippen LogP contribution is -3.00. The molecule has 0 rings (SSSR count). The highest BCUT2D eigenvalue weighted by Gasteiger charge is 2.15. The Hall–Kier alpha value is 1.34. The average Bonchev–Trinajstić information content (AvgIpc) is 2.26. The molecule has 0 aromatic rings. The van der Waals surface area contributed by atoms with Crippen molar-refractivity contribution in [2.24, 2.45) is 0 Å². The minimum absolute atomic E-state index is 0. The van der Waals surface area contributed by atoms with Crippen molar-refractivity contribution in [1.82, 2.24) is 0 Å². The lowest BCUT2D eigenvalue weighted by atomic mass is 10.3. The lowest BCUT2D eigenvalue weighted by Gasteiger charge is -2.32. The smallest absolute Gasteiger partial charge is 0.0806 e. The van der Waals surface area contributed by atoms with Crippen LogP contribution in [0.2, 0.25) is 0 Å². The lowest BCUT2D eigenvalue weighted by molar-refractivity contribution is -0.906. The molecule has 0 fully saturated rings. The van der Waals surface area contributed by atoms with Crippen molar-refractivity contribution in [3.05, 3.63) is 0 Å². The van der Waals surface area contributed by atoms with Gasteiger partial charge >= 0.3 is 0 Å². The van der Waals surface area contributed by atoms with Crippen LogP contribution in [-0.4, -0.2) is 76.5 Å². The van der Waals surface area contributed by atoms with E-state index in [1.165, 1.54) is 37.1 Å². The highest BCUT2D eigenvalue weighted by atomic mass is 127. The number of quaternary nitrogens is 2. The molecule has 0 aromatic carbocycles. The molecule has 0 bridgehead atoms. The number of rotatable bonds is 10. The van der Waals surface area contributed by atoms with Crippen LogP contribution in [0.5, 0.6) is 0 Å². The van der Waals surface area contributed by atoms with E-state index in [0.29, 0.717) is 0 Å². The van der Waals surface area contributed by atoms with Crippen LogP contribution in [0.3, 0.4) is 0 Å². The molecule has 3 nitrogen and oxygen atoms in total. The van der Waals surface area contributed by atoms with Crippen molar-refractivity contribution < 1.29 is 61.7 Å². The van der Waals surface area contributed by atoms with Crippen molar-refractivity contribution in [3.63, 3.8) is 0 Å². The standard InChI is InChI=1S/C14H34N2O.2HI/c1-7-16(6,8-2)12-10-14-17-13-9-11-15(3,4)5;;/h7-14H2,1-6H3;2*1H/q+2;;/p-2. The number of hydrogen-bond donors (Lipinski definition) is 0. The maximum atomic E-state index is 5.69. The topological polar surface area (TPSA) is 9.23 Å². The summed E-state index contributed by atoms with van der Waals surface area (Å²) in [6, 6.07) is 0. The van der Waals surface area contributed by atoms with Crippen LogP contribution in [0.25, 0.3) is 0 Å². The first-order valence-electron chi connectivity index (χ1n) is 7.05. The Labute approximate surface area is 155 Å². The molecular weight excluding hydrogens is 466 g/mol. The first-order chi connectivity index (χ1) is 7.83. The van der Waals surface area contributed by atoms with Gasteiger partial charge in [-0.25, -0.2) is 0 Å². The Morgan fingerprint density at radius 3 is 1.53 bits per heavy atom. The van der Waals surface area contributed by atoms with Gasteiger partial charge in [0.1, 0.15) is 0 Å². The Morgan fingerprint density at radius 1 is 0.737 bits per heavy atom. The molecule has 0 aromatic heterocycles. The summed E-state index contributed by atoms with van der Waals surface area (Å²) in [5, 5.41) is 0. The maximum absolute atomic E-state index is 5.69. The summed E-state index contributed by atoms with van der Waals surface area (Å²) in [7, 11) is 9.01. The molecule has 0 amide bonds. The molecule has 0 N–H and O–H groups in total. The highest BCUT2D eigenvalue weighted by molar-refractivity contribution is 4.40. The molecule has 19 heavy (non-hydrogen) atoms. The van der Waals surface area contributed by atoms with E-state index in [9.17, 15) is 0 Å². The van der Waals surface area contributed by atoms with Gasteiger partial charge in [-0.05, 0) is 13.8 Å². The van der Waals surface area contributed by atoms with Gasteiger partial charge in [0, 0.05) is 12.8 Å². The Balaban J connectivity index is -0.00000128. The monoisotopic (exact) mass is 500 g/mol. The van der Waals surface area contributed by atoms with Crippen molar-refractivity contribution in [2.45, 2.75) is 26.7 Å². The zero-order valence-electron chi connectivity index (χ0n) is 13.7. The van der Waals surface area contributed by atoms with Crippen molar-refractivity contribution in [3.8, 4) is 0 Å². The van der Waals surface area contributed by atoms with Gasteiger partial charge in [-0.2, -0.15) is 0 Å². The van der Waals surface area contributed by atoms with Crippen LogP contribution >= 0.6 is 0 Å². The van der Waals surface area contributed by atoms with Gasteiger partial charge in [-0.15, -0.1) is 0 Å². The highest BCUT2D eigenvalue weighted by Crippen LogP contribution is 2.03. The molecule has 0 spiro atoms. The van der Waals surface area contributed by atoms with E-state index in [1.807, 2.05) is 0 Å². The molecule has 120 valence electrons. The van der Waals surface area contributed by atoms with Crippen molar-refractivity contribution in [1.29, 1.82) is 0 Å². The molecule has 0 aliphatic rings. The Kier molecular flexibility index (Phi) is 17.4. The fourth-order valence-corrected chi connectivity index (χ4v) is 1.83. The van der Waals surface area contributed by atoms with E-state index in [2.05, 4.69) is 42.0 Å².